The van der Waals surface area contributed by atoms with Crippen molar-refractivity contribution < 1.29 is 17.9 Å². The van der Waals surface area contributed by atoms with Crippen molar-refractivity contribution in [1.29, 1.82) is 0 Å². The van der Waals surface area contributed by atoms with Crippen molar-refractivity contribution in [2.45, 2.75) is 17.6 Å². The van der Waals surface area contributed by atoms with Crippen molar-refractivity contribution in [3.63, 3.8) is 0 Å². The number of carbonyl (C=O) groups excluding carboxylic acids is 1. The van der Waals surface area contributed by atoms with Gasteiger partial charge in [0.15, 0.2) is 4.75 Å². The third-order valence-corrected chi connectivity index (χ3v) is 7.19. The molecule has 2 atom stereocenters. The molecule has 1 saturated heterocycles. The number of amides is 1. The summed E-state index contributed by atoms with van der Waals surface area (Å²) in [7, 11) is -2.05. The van der Waals surface area contributed by atoms with Gasteiger partial charge in [0.25, 0.3) is 0 Å². The summed E-state index contributed by atoms with van der Waals surface area (Å²) in [6.07, 6.45) is 2.79. The van der Waals surface area contributed by atoms with Gasteiger partial charge in [0.2, 0.25) is 15.9 Å². The largest absolute Gasteiger partial charge is 0.490 e. The predicted molar refractivity (Wildman–Crippen MR) is 87.8 cm³/mol. The Morgan fingerprint density at radius 1 is 1.48 bits per heavy atom. The van der Waals surface area contributed by atoms with E-state index in [-0.39, 0.29) is 5.92 Å². The summed E-state index contributed by atoms with van der Waals surface area (Å²) >= 11 is 0. The highest BCUT2D eigenvalue weighted by atomic mass is 32.2. The molecule has 1 aromatic rings. The predicted octanol–water partition coefficient (Wildman–Crippen LogP) is 1.61. The molecule has 1 saturated carbocycles. The molecule has 0 radical (unpaired) electrons. The minimum Gasteiger partial charge on any atom is -0.490 e. The number of benzene rings is 1. The fraction of sp³-hybridized carbons (Fsp3) is 0.438. The zero-order chi connectivity index (χ0) is 16.7. The standard InChI is InChI=1S/C16H20N2O4S/c1-3-10-22-14-6-4-13(5-7-14)17-15(19)16-11-12(16)8-9-18(2)23(16,20)21/h3-7,12H,1,8-11H2,2H3,(H,17,19). The molecular weight excluding hydrogens is 316 g/mol. The lowest BCUT2D eigenvalue weighted by Crippen LogP contribution is -2.50. The van der Waals surface area contributed by atoms with Gasteiger partial charge in [-0.25, -0.2) is 12.7 Å². The van der Waals surface area contributed by atoms with Gasteiger partial charge in [-0.15, -0.1) is 0 Å². The lowest BCUT2D eigenvalue weighted by atomic mass is 10.2. The van der Waals surface area contributed by atoms with Crippen LogP contribution >= 0.6 is 0 Å². The molecule has 0 spiro atoms. The second kappa shape index (κ2) is 5.65. The van der Waals surface area contributed by atoms with Crippen LogP contribution < -0.4 is 10.1 Å². The van der Waals surface area contributed by atoms with E-state index in [4.69, 9.17) is 4.74 Å². The number of ether oxygens (including phenoxy) is 1. The fourth-order valence-corrected chi connectivity index (χ4v) is 5.25. The van der Waals surface area contributed by atoms with Gasteiger partial charge in [-0.1, -0.05) is 12.7 Å². The molecule has 2 unspecified atom stereocenters. The first-order chi connectivity index (χ1) is 10.9. The molecule has 2 fully saturated rings. The molecule has 1 N–H and O–H groups in total. The van der Waals surface area contributed by atoms with Gasteiger partial charge in [-0.3, -0.25) is 4.79 Å². The van der Waals surface area contributed by atoms with Crippen molar-refractivity contribution >= 4 is 21.6 Å². The summed E-state index contributed by atoms with van der Waals surface area (Å²) < 4.78 is 30.4. The molecule has 1 heterocycles. The second-order valence-corrected chi connectivity index (χ2v) is 8.29. The maximum atomic E-state index is 12.6. The zero-order valence-corrected chi connectivity index (χ0v) is 13.8. The van der Waals surface area contributed by atoms with Crippen molar-refractivity contribution in [2.24, 2.45) is 5.92 Å². The van der Waals surface area contributed by atoms with Crippen LogP contribution in [0.3, 0.4) is 0 Å². The molecule has 1 aromatic carbocycles. The van der Waals surface area contributed by atoms with Crippen LogP contribution in [0.25, 0.3) is 0 Å². The lowest BCUT2D eigenvalue weighted by Gasteiger charge is -2.28. The number of carbonyl (C=O) groups is 1. The number of hydrogen-bond acceptors (Lipinski definition) is 4. The minimum atomic E-state index is -3.58. The molecule has 0 aromatic heterocycles. The van der Waals surface area contributed by atoms with Gasteiger partial charge < -0.3 is 10.1 Å². The van der Waals surface area contributed by atoms with Crippen LogP contribution in [-0.2, 0) is 14.8 Å². The van der Waals surface area contributed by atoms with Gasteiger partial charge in [0, 0.05) is 19.3 Å². The molecule has 6 nitrogen and oxygen atoms in total. The minimum absolute atomic E-state index is 0.0705. The van der Waals surface area contributed by atoms with E-state index < -0.39 is 20.7 Å². The Hall–Kier alpha value is -1.86. The van der Waals surface area contributed by atoms with Crippen LogP contribution in [0.5, 0.6) is 5.75 Å². The van der Waals surface area contributed by atoms with E-state index in [1.54, 1.807) is 30.3 Å². The number of hydrogen-bond donors (Lipinski definition) is 1. The van der Waals surface area contributed by atoms with Gasteiger partial charge >= 0.3 is 0 Å². The highest BCUT2D eigenvalue weighted by Crippen LogP contribution is 2.56. The van der Waals surface area contributed by atoms with Crippen LogP contribution in [0, 0.1) is 5.92 Å². The summed E-state index contributed by atoms with van der Waals surface area (Å²) in [5.41, 5.74) is 0.560. The molecule has 1 aliphatic carbocycles. The molecule has 124 valence electrons. The van der Waals surface area contributed by atoms with E-state index in [2.05, 4.69) is 11.9 Å². The summed E-state index contributed by atoms with van der Waals surface area (Å²) in [5, 5.41) is 2.73. The smallest absolute Gasteiger partial charge is 0.247 e. The summed E-state index contributed by atoms with van der Waals surface area (Å²) in [6, 6.07) is 6.85. The number of nitrogens with one attached hydrogen (secondary N) is 1. The lowest BCUT2D eigenvalue weighted by molar-refractivity contribution is -0.117. The number of rotatable bonds is 5. The van der Waals surface area contributed by atoms with E-state index in [0.29, 0.717) is 31.0 Å². The summed E-state index contributed by atoms with van der Waals surface area (Å²) in [4.78, 5) is 12.6. The number of anilines is 1. The first kappa shape index (κ1) is 16.0. The van der Waals surface area contributed by atoms with E-state index in [1.807, 2.05) is 0 Å². The fourth-order valence-electron chi connectivity index (χ4n) is 3.12. The average molecular weight is 336 g/mol. The van der Waals surface area contributed by atoms with Crippen LogP contribution in [0.1, 0.15) is 12.8 Å². The monoisotopic (exact) mass is 336 g/mol. The van der Waals surface area contributed by atoms with Crippen LogP contribution in [0.15, 0.2) is 36.9 Å². The Balaban J connectivity index is 1.74. The highest BCUT2D eigenvalue weighted by Gasteiger charge is 2.71. The molecule has 3 rings (SSSR count). The van der Waals surface area contributed by atoms with Gasteiger partial charge in [-0.2, -0.15) is 0 Å². The Morgan fingerprint density at radius 2 is 2.17 bits per heavy atom. The molecular formula is C16H20N2O4S. The highest BCUT2D eigenvalue weighted by molar-refractivity contribution is 7.91. The van der Waals surface area contributed by atoms with Crippen LogP contribution in [-0.4, -0.2) is 43.6 Å². The van der Waals surface area contributed by atoms with Crippen molar-refractivity contribution in [2.75, 3.05) is 25.5 Å². The molecule has 1 aliphatic heterocycles. The van der Waals surface area contributed by atoms with E-state index in [9.17, 15) is 13.2 Å². The SMILES string of the molecule is C=CCOc1ccc(NC(=O)C23CC2CCN(C)S3(=O)=O)cc1. The van der Waals surface area contributed by atoms with E-state index >= 15 is 0 Å². The Bertz CT molecular complexity index is 729. The van der Waals surface area contributed by atoms with Gasteiger partial charge in [0.05, 0.1) is 0 Å². The normalized spacial score (nSPS) is 28.5. The van der Waals surface area contributed by atoms with Gasteiger partial charge in [-0.05, 0) is 43.0 Å². The topological polar surface area (TPSA) is 75.7 Å². The summed E-state index contributed by atoms with van der Waals surface area (Å²) in [6.45, 7) is 4.46. The van der Waals surface area contributed by atoms with Crippen LogP contribution in [0.4, 0.5) is 5.69 Å². The van der Waals surface area contributed by atoms with Crippen LogP contribution in [0.2, 0.25) is 0 Å². The van der Waals surface area contributed by atoms with Gasteiger partial charge in [0.1, 0.15) is 12.4 Å². The molecule has 1 amide bonds. The van der Waals surface area contributed by atoms with E-state index in [1.165, 1.54) is 11.4 Å². The average Bonchev–Trinajstić information content (AvgIpc) is 3.28. The molecule has 0 bridgehead atoms. The van der Waals surface area contributed by atoms with E-state index in [0.717, 1.165) is 6.42 Å². The second-order valence-electron chi connectivity index (χ2n) is 5.98. The first-order valence-electron chi connectivity index (χ1n) is 7.53. The molecule has 7 heteroatoms. The third-order valence-electron chi connectivity index (χ3n) is 4.58. The number of fused-ring (bicyclic) bond motifs is 1. The Morgan fingerprint density at radius 3 is 2.83 bits per heavy atom. The zero-order valence-electron chi connectivity index (χ0n) is 13.0. The maximum absolute atomic E-state index is 12.6. The maximum Gasteiger partial charge on any atom is 0.247 e. The quantitative estimate of drug-likeness (QED) is 0.829. The van der Waals surface area contributed by atoms with Crippen molar-refractivity contribution in [1.82, 2.24) is 4.31 Å². The third kappa shape index (κ3) is 2.53. The number of sulfonamides is 1. The molecule has 23 heavy (non-hydrogen) atoms. The van der Waals surface area contributed by atoms with Crippen molar-refractivity contribution in [3.8, 4) is 5.75 Å². The molecule has 2 aliphatic rings. The Labute approximate surface area is 136 Å². The Kier molecular flexibility index (Phi) is 3.93. The first-order valence-corrected chi connectivity index (χ1v) is 8.97. The van der Waals surface area contributed by atoms with Crippen molar-refractivity contribution in [3.05, 3.63) is 36.9 Å². The number of nitrogens with zero attached hydrogens (tertiary/aromatic N) is 1. The summed E-state index contributed by atoms with van der Waals surface area (Å²) in [5.74, 6) is 0.156.